The van der Waals surface area contributed by atoms with Crippen molar-refractivity contribution >= 4 is 21.9 Å². The van der Waals surface area contributed by atoms with E-state index in [1.165, 1.54) is 22.5 Å². The number of rotatable bonds is 6. The average Bonchev–Trinajstić information content (AvgIpc) is 2.28. The minimum absolute atomic E-state index is 0.158. The first kappa shape index (κ1) is 15.5. The molecule has 7 heteroatoms. The lowest BCUT2D eigenvalue weighted by molar-refractivity contribution is 0.0696. The number of hydrogen-bond acceptors (Lipinski definition) is 3. The summed E-state index contributed by atoms with van der Waals surface area (Å²) in [6.07, 6.45) is 0. The van der Waals surface area contributed by atoms with Gasteiger partial charge in [0.15, 0.2) is 0 Å². The molecule has 1 aromatic rings. The molecule has 0 atom stereocenters. The minimum atomic E-state index is -3.59. The Hall–Kier alpha value is -1.60. The normalized spacial score (nSPS) is 11.6. The van der Waals surface area contributed by atoms with E-state index in [1.54, 1.807) is 20.8 Å². The predicted molar refractivity (Wildman–Crippen MR) is 73.6 cm³/mol. The second kappa shape index (κ2) is 6.03. The van der Waals surface area contributed by atoms with Crippen LogP contribution in [0.25, 0.3) is 0 Å². The standard InChI is InChI=1S/C12H18N2O4S/c1-4-14(5-2)19(17,18)13-10-6-7-11(12(15)16)9(3)8-10/h6-8,13H,4-5H2,1-3H3,(H,15,16). The number of benzene rings is 1. The number of carbonyl (C=O) groups is 1. The molecule has 0 unspecified atom stereocenters. The number of nitrogens with one attached hydrogen (secondary N) is 1. The van der Waals surface area contributed by atoms with Gasteiger partial charge in [-0.2, -0.15) is 12.7 Å². The third kappa shape index (κ3) is 3.68. The maximum absolute atomic E-state index is 12.0. The Bertz CT molecular complexity index is 565. The summed E-state index contributed by atoms with van der Waals surface area (Å²) < 4.78 is 27.7. The third-order valence-corrected chi connectivity index (χ3v) is 4.44. The Morgan fingerprint density at radius 1 is 1.32 bits per heavy atom. The van der Waals surface area contributed by atoms with Gasteiger partial charge in [-0.25, -0.2) is 4.79 Å². The zero-order valence-corrected chi connectivity index (χ0v) is 12.0. The van der Waals surface area contributed by atoms with E-state index in [0.717, 1.165) is 0 Å². The molecule has 0 bridgehead atoms. The Labute approximate surface area is 113 Å². The molecule has 0 spiro atoms. The van der Waals surface area contributed by atoms with Gasteiger partial charge in [-0.3, -0.25) is 4.72 Å². The van der Waals surface area contributed by atoms with Crippen molar-refractivity contribution < 1.29 is 18.3 Å². The highest BCUT2D eigenvalue weighted by molar-refractivity contribution is 7.90. The number of hydrogen-bond donors (Lipinski definition) is 2. The number of nitrogens with zero attached hydrogens (tertiary/aromatic N) is 1. The summed E-state index contributed by atoms with van der Waals surface area (Å²) in [6.45, 7) is 5.87. The first-order valence-corrected chi connectivity index (χ1v) is 7.37. The molecule has 0 aromatic heterocycles. The highest BCUT2D eigenvalue weighted by Crippen LogP contribution is 2.17. The SMILES string of the molecule is CCN(CC)S(=O)(=O)Nc1ccc(C(=O)O)c(C)c1. The fourth-order valence-electron chi connectivity index (χ4n) is 1.74. The minimum Gasteiger partial charge on any atom is -0.478 e. The molecule has 0 saturated carbocycles. The smallest absolute Gasteiger partial charge is 0.335 e. The van der Waals surface area contributed by atoms with Gasteiger partial charge in [-0.15, -0.1) is 0 Å². The lowest BCUT2D eigenvalue weighted by atomic mass is 10.1. The first-order chi connectivity index (χ1) is 8.81. The van der Waals surface area contributed by atoms with Crippen molar-refractivity contribution in [1.29, 1.82) is 0 Å². The molecular weight excluding hydrogens is 268 g/mol. The van der Waals surface area contributed by atoms with Crippen molar-refractivity contribution in [2.75, 3.05) is 17.8 Å². The van der Waals surface area contributed by atoms with Gasteiger partial charge >= 0.3 is 16.2 Å². The molecule has 0 aliphatic heterocycles. The zero-order chi connectivity index (χ0) is 14.6. The van der Waals surface area contributed by atoms with E-state index in [9.17, 15) is 13.2 Å². The van der Waals surface area contributed by atoms with Crippen molar-refractivity contribution in [3.63, 3.8) is 0 Å². The maximum atomic E-state index is 12.0. The Balaban J connectivity index is 3.01. The summed E-state index contributed by atoms with van der Waals surface area (Å²) in [5.41, 5.74) is 1.02. The van der Waals surface area contributed by atoms with Crippen LogP contribution in [0.3, 0.4) is 0 Å². The molecule has 6 nitrogen and oxygen atoms in total. The van der Waals surface area contributed by atoms with Crippen LogP contribution < -0.4 is 4.72 Å². The summed E-state index contributed by atoms with van der Waals surface area (Å²) in [6, 6.07) is 4.33. The van der Waals surface area contributed by atoms with Crippen LogP contribution in [-0.4, -0.2) is 36.9 Å². The molecular formula is C12H18N2O4S. The molecule has 0 aliphatic carbocycles. The maximum Gasteiger partial charge on any atom is 0.335 e. The topological polar surface area (TPSA) is 86.7 Å². The second-order valence-electron chi connectivity index (χ2n) is 4.03. The summed E-state index contributed by atoms with van der Waals surface area (Å²) in [4.78, 5) is 10.9. The summed E-state index contributed by atoms with van der Waals surface area (Å²) >= 11 is 0. The Kier molecular flexibility index (Phi) is 4.90. The number of carboxylic acids is 1. The second-order valence-corrected chi connectivity index (χ2v) is 5.70. The molecule has 0 heterocycles. The number of aromatic carboxylic acids is 1. The zero-order valence-electron chi connectivity index (χ0n) is 11.2. The summed E-state index contributed by atoms with van der Waals surface area (Å²) in [5, 5.41) is 8.91. The molecule has 0 fully saturated rings. The van der Waals surface area contributed by atoms with Crippen molar-refractivity contribution in [2.45, 2.75) is 20.8 Å². The highest BCUT2D eigenvalue weighted by atomic mass is 32.2. The van der Waals surface area contributed by atoms with Gasteiger partial charge in [-0.1, -0.05) is 13.8 Å². The van der Waals surface area contributed by atoms with Gasteiger partial charge in [-0.05, 0) is 30.7 Å². The Morgan fingerprint density at radius 3 is 2.32 bits per heavy atom. The van der Waals surface area contributed by atoms with Gasteiger partial charge in [0.2, 0.25) is 0 Å². The van der Waals surface area contributed by atoms with E-state index in [2.05, 4.69) is 4.72 Å². The van der Waals surface area contributed by atoms with Gasteiger partial charge in [0.25, 0.3) is 0 Å². The van der Waals surface area contributed by atoms with E-state index in [4.69, 9.17) is 5.11 Å². The van der Waals surface area contributed by atoms with Crippen LogP contribution in [0, 0.1) is 6.92 Å². The van der Waals surface area contributed by atoms with Crippen LogP contribution >= 0.6 is 0 Å². The molecule has 19 heavy (non-hydrogen) atoms. The van der Waals surface area contributed by atoms with Crippen LogP contribution in [0.4, 0.5) is 5.69 Å². The van der Waals surface area contributed by atoms with Crippen LogP contribution in [-0.2, 0) is 10.2 Å². The van der Waals surface area contributed by atoms with Crippen LogP contribution in [0.15, 0.2) is 18.2 Å². The van der Waals surface area contributed by atoms with Crippen LogP contribution in [0.2, 0.25) is 0 Å². The molecule has 2 N–H and O–H groups in total. The lowest BCUT2D eigenvalue weighted by Crippen LogP contribution is -2.35. The van der Waals surface area contributed by atoms with Crippen LogP contribution in [0.5, 0.6) is 0 Å². The fraction of sp³-hybridized carbons (Fsp3) is 0.417. The van der Waals surface area contributed by atoms with Gasteiger partial charge in [0, 0.05) is 13.1 Å². The van der Waals surface area contributed by atoms with E-state index < -0.39 is 16.2 Å². The number of aryl methyl sites for hydroxylation is 1. The largest absolute Gasteiger partial charge is 0.478 e. The molecule has 0 radical (unpaired) electrons. The van der Waals surface area contributed by atoms with Gasteiger partial charge in [0.1, 0.15) is 0 Å². The summed E-state index contributed by atoms with van der Waals surface area (Å²) in [7, 11) is -3.59. The molecule has 1 rings (SSSR count). The van der Waals surface area contributed by atoms with E-state index in [0.29, 0.717) is 24.3 Å². The molecule has 106 valence electrons. The van der Waals surface area contributed by atoms with Crippen molar-refractivity contribution in [1.82, 2.24) is 4.31 Å². The predicted octanol–water partition coefficient (Wildman–Crippen LogP) is 1.69. The van der Waals surface area contributed by atoms with Crippen molar-refractivity contribution in [2.24, 2.45) is 0 Å². The van der Waals surface area contributed by atoms with E-state index in [1.807, 2.05) is 0 Å². The highest BCUT2D eigenvalue weighted by Gasteiger charge is 2.18. The van der Waals surface area contributed by atoms with E-state index >= 15 is 0 Å². The number of anilines is 1. The monoisotopic (exact) mass is 286 g/mol. The molecule has 1 aromatic carbocycles. The van der Waals surface area contributed by atoms with Gasteiger partial charge in [0.05, 0.1) is 11.3 Å². The van der Waals surface area contributed by atoms with E-state index in [-0.39, 0.29) is 5.56 Å². The molecule has 0 aliphatic rings. The Morgan fingerprint density at radius 2 is 1.89 bits per heavy atom. The third-order valence-electron chi connectivity index (χ3n) is 2.75. The fourth-order valence-corrected chi connectivity index (χ4v) is 2.98. The number of carboxylic acid groups (broad SMARTS) is 1. The van der Waals surface area contributed by atoms with Crippen molar-refractivity contribution in [3.05, 3.63) is 29.3 Å². The first-order valence-electron chi connectivity index (χ1n) is 5.93. The van der Waals surface area contributed by atoms with Crippen LogP contribution in [0.1, 0.15) is 29.8 Å². The molecule has 0 amide bonds. The summed E-state index contributed by atoms with van der Waals surface area (Å²) in [5.74, 6) is -1.03. The average molecular weight is 286 g/mol. The quantitative estimate of drug-likeness (QED) is 0.833. The molecule has 0 saturated heterocycles. The lowest BCUT2D eigenvalue weighted by Gasteiger charge is -2.19. The van der Waals surface area contributed by atoms with Crippen molar-refractivity contribution in [3.8, 4) is 0 Å². The van der Waals surface area contributed by atoms with Gasteiger partial charge < -0.3 is 5.11 Å².